The summed E-state index contributed by atoms with van der Waals surface area (Å²) in [4.78, 5) is 14.2. The van der Waals surface area contributed by atoms with Crippen molar-refractivity contribution in [3.8, 4) is 5.69 Å². The third-order valence-corrected chi connectivity index (χ3v) is 5.81. The van der Waals surface area contributed by atoms with Crippen LogP contribution in [-0.4, -0.2) is 46.3 Å². The number of nitrogens with zero attached hydrogens (tertiary/aromatic N) is 3. The Morgan fingerprint density at radius 2 is 1.90 bits per heavy atom. The minimum Gasteiger partial charge on any atom is -0.366 e. The van der Waals surface area contributed by atoms with Crippen molar-refractivity contribution in [3.63, 3.8) is 0 Å². The van der Waals surface area contributed by atoms with E-state index in [4.69, 9.17) is 5.73 Å². The number of nitrogens with one attached hydrogen (secondary N) is 1. The molecule has 0 aliphatic carbocycles. The normalized spacial score (nSPS) is 15.8. The largest absolute Gasteiger partial charge is 0.366 e. The summed E-state index contributed by atoms with van der Waals surface area (Å²) < 4.78 is 1.80. The molecule has 6 nitrogen and oxygen atoms in total. The molecular formula is C24H31N5O. The van der Waals surface area contributed by atoms with Gasteiger partial charge in [-0.2, -0.15) is 5.10 Å². The number of rotatable bonds is 7. The number of primary amides is 1. The number of hydrogen-bond acceptors (Lipinski definition) is 4. The summed E-state index contributed by atoms with van der Waals surface area (Å²) in [7, 11) is 0. The van der Waals surface area contributed by atoms with Crippen molar-refractivity contribution in [2.45, 2.75) is 39.3 Å². The Labute approximate surface area is 178 Å². The summed E-state index contributed by atoms with van der Waals surface area (Å²) in [5.74, 6) is 0.282. The van der Waals surface area contributed by atoms with Gasteiger partial charge < -0.3 is 16.0 Å². The topological polar surface area (TPSA) is 76.2 Å². The van der Waals surface area contributed by atoms with Crippen molar-refractivity contribution < 1.29 is 4.79 Å². The second-order valence-electron chi connectivity index (χ2n) is 8.70. The maximum Gasteiger partial charge on any atom is 0.250 e. The van der Waals surface area contributed by atoms with E-state index in [2.05, 4.69) is 53.4 Å². The van der Waals surface area contributed by atoms with E-state index < -0.39 is 5.91 Å². The molecule has 6 heteroatoms. The van der Waals surface area contributed by atoms with E-state index >= 15 is 0 Å². The summed E-state index contributed by atoms with van der Waals surface area (Å²) in [5.41, 5.74) is 8.79. The number of nitrogens with two attached hydrogens (primary N) is 1. The lowest BCUT2D eigenvalue weighted by atomic mass is 10.0. The predicted octanol–water partition coefficient (Wildman–Crippen LogP) is 3.33. The van der Waals surface area contributed by atoms with Gasteiger partial charge in [-0.25, -0.2) is 4.68 Å². The summed E-state index contributed by atoms with van der Waals surface area (Å²) in [6.07, 6.45) is 4.36. The Kier molecular flexibility index (Phi) is 6.16. The summed E-state index contributed by atoms with van der Waals surface area (Å²) >= 11 is 0. The van der Waals surface area contributed by atoms with Gasteiger partial charge in [0.1, 0.15) is 5.52 Å². The minimum atomic E-state index is -0.456. The molecule has 158 valence electrons. The Morgan fingerprint density at radius 1 is 1.17 bits per heavy atom. The van der Waals surface area contributed by atoms with Crippen molar-refractivity contribution in [2.24, 2.45) is 11.7 Å². The zero-order chi connectivity index (χ0) is 21.1. The molecule has 2 aromatic carbocycles. The Bertz CT molecular complexity index is 1000. The first kappa shape index (κ1) is 20.6. The monoisotopic (exact) mass is 405 g/mol. The Morgan fingerprint density at radius 3 is 2.57 bits per heavy atom. The van der Waals surface area contributed by atoms with Gasteiger partial charge in [0.05, 0.1) is 11.3 Å². The average Bonchev–Trinajstić information content (AvgIpc) is 3.17. The molecule has 0 unspecified atom stereocenters. The van der Waals surface area contributed by atoms with Gasteiger partial charge in [0.2, 0.25) is 0 Å². The molecule has 3 aromatic rings. The van der Waals surface area contributed by atoms with Gasteiger partial charge in [0, 0.05) is 30.7 Å². The van der Waals surface area contributed by atoms with Crippen LogP contribution in [0.5, 0.6) is 0 Å². The first-order valence-corrected chi connectivity index (χ1v) is 10.8. The highest BCUT2D eigenvalue weighted by Crippen LogP contribution is 2.20. The number of hydrogen-bond donors (Lipinski definition) is 2. The van der Waals surface area contributed by atoms with E-state index in [0.717, 1.165) is 23.5 Å². The number of carbonyl (C=O) groups is 1. The molecule has 2 heterocycles. The Balaban J connectivity index is 1.36. The van der Waals surface area contributed by atoms with E-state index in [9.17, 15) is 4.79 Å². The molecule has 1 aliphatic rings. The van der Waals surface area contributed by atoms with E-state index in [-0.39, 0.29) is 0 Å². The quantitative estimate of drug-likeness (QED) is 0.632. The van der Waals surface area contributed by atoms with Crippen molar-refractivity contribution >= 4 is 16.8 Å². The lowest BCUT2D eigenvalue weighted by Crippen LogP contribution is -2.43. The number of amides is 1. The van der Waals surface area contributed by atoms with Gasteiger partial charge in [-0.05, 0) is 55.6 Å². The fraction of sp³-hybridized carbons (Fsp3) is 0.417. The lowest BCUT2D eigenvalue weighted by Gasteiger charge is -2.33. The first-order valence-electron chi connectivity index (χ1n) is 10.8. The number of piperidine rings is 1. The fourth-order valence-corrected chi connectivity index (χ4v) is 4.24. The molecule has 3 N–H and O–H groups in total. The van der Waals surface area contributed by atoms with Crippen molar-refractivity contribution in [1.29, 1.82) is 0 Å². The average molecular weight is 406 g/mol. The summed E-state index contributed by atoms with van der Waals surface area (Å²) in [6, 6.07) is 14.5. The second-order valence-corrected chi connectivity index (χ2v) is 8.70. The van der Waals surface area contributed by atoms with Gasteiger partial charge >= 0.3 is 0 Å². The molecular weight excluding hydrogens is 374 g/mol. The molecule has 4 rings (SSSR count). The van der Waals surface area contributed by atoms with Crippen molar-refractivity contribution in [3.05, 3.63) is 59.8 Å². The first-order chi connectivity index (χ1) is 14.5. The van der Waals surface area contributed by atoms with Gasteiger partial charge in [-0.1, -0.05) is 38.1 Å². The number of fused-ring (bicyclic) bond motifs is 1. The van der Waals surface area contributed by atoms with Crippen LogP contribution < -0.4 is 11.1 Å². The number of benzene rings is 2. The summed E-state index contributed by atoms with van der Waals surface area (Å²) in [6.45, 7) is 9.04. The summed E-state index contributed by atoms with van der Waals surface area (Å²) in [5, 5.41) is 9.19. The van der Waals surface area contributed by atoms with E-state index in [1.807, 2.05) is 18.3 Å². The standard InChI is InChI=1S/C24H31N5O/c1-17(2)15-28-12-10-20(11-13-28)26-14-18-6-8-21(9-7-18)29-16-19-4-3-5-22(24(25)30)23(19)27-29/h3-9,16-17,20,26H,10-15H2,1-2H3,(H2,25,30). The molecule has 0 atom stereocenters. The van der Waals surface area contributed by atoms with E-state index in [0.29, 0.717) is 17.1 Å². The van der Waals surface area contributed by atoms with Crippen LogP contribution in [0.15, 0.2) is 48.7 Å². The van der Waals surface area contributed by atoms with Crippen LogP contribution in [0.4, 0.5) is 0 Å². The van der Waals surface area contributed by atoms with E-state index in [1.165, 1.54) is 38.0 Å². The molecule has 1 fully saturated rings. The van der Waals surface area contributed by atoms with Crippen LogP contribution >= 0.6 is 0 Å². The molecule has 0 bridgehead atoms. The molecule has 30 heavy (non-hydrogen) atoms. The highest BCUT2D eigenvalue weighted by atomic mass is 16.1. The predicted molar refractivity (Wildman–Crippen MR) is 121 cm³/mol. The number of carbonyl (C=O) groups excluding carboxylic acids is 1. The van der Waals surface area contributed by atoms with Gasteiger partial charge in [0.25, 0.3) is 5.91 Å². The van der Waals surface area contributed by atoms with Crippen molar-refractivity contribution in [2.75, 3.05) is 19.6 Å². The third-order valence-electron chi connectivity index (χ3n) is 5.81. The molecule has 1 aliphatic heterocycles. The molecule has 0 radical (unpaired) electrons. The molecule has 0 saturated carbocycles. The molecule has 1 amide bonds. The highest BCUT2D eigenvalue weighted by molar-refractivity contribution is 6.04. The van der Waals surface area contributed by atoms with Crippen LogP contribution in [0.3, 0.4) is 0 Å². The van der Waals surface area contributed by atoms with Gasteiger partial charge in [-0.15, -0.1) is 0 Å². The smallest absolute Gasteiger partial charge is 0.250 e. The van der Waals surface area contributed by atoms with Crippen LogP contribution in [0.25, 0.3) is 16.6 Å². The minimum absolute atomic E-state index is 0.450. The van der Waals surface area contributed by atoms with Crippen LogP contribution in [-0.2, 0) is 6.54 Å². The zero-order valence-corrected chi connectivity index (χ0v) is 17.8. The molecule has 0 spiro atoms. The third kappa shape index (κ3) is 4.71. The van der Waals surface area contributed by atoms with Gasteiger partial charge in [-0.3, -0.25) is 4.79 Å². The molecule has 1 saturated heterocycles. The molecule has 1 aromatic heterocycles. The number of aromatic nitrogens is 2. The van der Waals surface area contributed by atoms with E-state index in [1.54, 1.807) is 10.7 Å². The fourth-order valence-electron chi connectivity index (χ4n) is 4.24. The van der Waals surface area contributed by atoms with Crippen LogP contribution in [0.2, 0.25) is 0 Å². The van der Waals surface area contributed by atoms with Crippen LogP contribution in [0.1, 0.15) is 42.6 Å². The van der Waals surface area contributed by atoms with Gasteiger partial charge in [0.15, 0.2) is 0 Å². The number of likely N-dealkylation sites (tertiary alicyclic amines) is 1. The highest BCUT2D eigenvalue weighted by Gasteiger charge is 2.19. The second kappa shape index (κ2) is 8.98. The van der Waals surface area contributed by atoms with Crippen LogP contribution in [0, 0.1) is 5.92 Å². The maximum atomic E-state index is 11.6. The van der Waals surface area contributed by atoms with Crippen molar-refractivity contribution in [1.82, 2.24) is 20.0 Å². The maximum absolute atomic E-state index is 11.6. The Hall–Kier alpha value is -2.70. The SMILES string of the molecule is CC(C)CN1CCC(NCc2ccc(-n3cc4cccc(C(N)=O)c4n3)cc2)CC1. The lowest BCUT2D eigenvalue weighted by molar-refractivity contribution is 0.100. The zero-order valence-electron chi connectivity index (χ0n) is 17.8.